The van der Waals surface area contributed by atoms with Gasteiger partial charge in [0.05, 0.1) is 11.0 Å². The summed E-state index contributed by atoms with van der Waals surface area (Å²) in [5.41, 5.74) is 2.13. The standard InChI is InChI=1S/C32H47F5O5S2/c1-30-17-15-26-25-12-11-24(44(40,41)42)21-23(25)20-22(29(26)27(30)13-14-28(30)38)10-7-5-3-2-4-6-8-18-43(39)19-9-16-31(33,34)32(35,36)37/h11-12,21-22,26-29,38H,2-10,13-20H2,1H3,(H,40,41,42)/t22-,26-,27+,28+,29-,30+,43?/m1/s1. The van der Waals surface area contributed by atoms with Crippen molar-refractivity contribution in [2.75, 3.05) is 11.5 Å². The SMILES string of the molecule is C[C@]12CC[C@@H]3c4ccc(S(=O)(=O)O)cc4C[C@@H](CCCCCCCCCS(=O)CCCC(F)(F)C(F)(F)F)[C@H]3[C@@H]1CC[C@@H]2O. The lowest BCUT2D eigenvalue weighted by atomic mass is 9.52. The Kier molecular flexibility index (Phi) is 11.6. The zero-order valence-corrected chi connectivity index (χ0v) is 27.1. The molecule has 2 N–H and O–H groups in total. The van der Waals surface area contributed by atoms with E-state index in [0.717, 1.165) is 82.6 Å². The molecular formula is C32H47F5O5S2. The highest BCUT2D eigenvalue weighted by Crippen LogP contribution is 2.62. The number of unbranched alkanes of at least 4 members (excludes halogenated alkanes) is 6. The predicted molar refractivity (Wildman–Crippen MR) is 161 cm³/mol. The highest BCUT2D eigenvalue weighted by Gasteiger charge is 2.57. The van der Waals surface area contributed by atoms with Gasteiger partial charge in [-0.2, -0.15) is 30.4 Å². The van der Waals surface area contributed by atoms with Crippen molar-refractivity contribution < 1.29 is 44.2 Å². The Hall–Kier alpha value is -1.11. The first kappa shape index (κ1) is 35.7. The Bertz CT molecular complexity index is 1250. The number of benzene rings is 1. The minimum Gasteiger partial charge on any atom is -0.393 e. The number of fused-ring (bicyclic) bond motifs is 5. The zero-order chi connectivity index (χ0) is 32.3. The van der Waals surface area contributed by atoms with Gasteiger partial charge < -0.3 is 5.11 Å². The van der Waals surface area contributed by atoms with E-state index in [-0.39, 0.29) is 22.2 Å². The molecule has 252 valence electrons. The molecule has 0 amide bonds. The normalized spacial score (nSPS) is 29.6. The molecule has 0 heterocycles. The highest BCUT2D eigenvalue weighted by atomic mass is 32.2. The molecule has 0 saturated heterocycles. The predicted octanol–water partition coefficient (Wildman–Crippen LogP) is 8.22. The molecule has 0 bridgehead atoms. The van der Waals surface area contributed by atoms with Crippen LogP contribution < -0.4 is 0 Å². The summed E-state index contributed by atoms with van der Waals surface area (Å²) in [6.07, 6.45) is 4.54. The van der Waals surface area contributed by atoms with Gasteiger partial charge in [0.1, 0.15) is 0 Å². The molecule has 44 heavy (non-hydrogen) atoms. The molecule has 3 aliphatic carbocycles. The lowest BCUT2D eigenvalue weighted by Gasteiger charge is -2.53. The summed E-state index contributed by atoms with van der Waals surface area (Å²) in [5.74, 6) is -2.98. The van der Waals surface area contributed by atoms with Gasteiger partial charge in [-0.3, -0.25) is 8.76 Å². The average Bonchev–Trinajstić information content (AvgIpc) is 3.24. The van der Waals surface area contributed by atoms with E-state index in [4.69, 9.17) is 0 Å². The highest BCUT2D eigenvalue weighted by molar-refractivity contribution is 7.85. The number of hydrogen-bond acceptors (Lipinski definition) is 4. The second-order valence-electron chi connectivity index (χ2n) is 13.6. The van der Waals surface area contributed by atoms with Crippen LogP contribution >= 0.6 is 0 Å². The summed E-state index contributed by atoms with van der Waals surface area (Å²) in [4.78, 5) is -0.0581. The monoisotopic (exact) mass is 670 g/mol. The number of rotatable bonds is 15. The Morgan fingerprint density at radius 2 is 1.57 bits per heavy atom. The molecule has 2 saturated carbocycles. The quantitative estimate of drug-likeness (QED) is 0.112. The lowest BCUT2D eigenvalue weighted by Crippen LogP contribution is -2.47. The molecule has 0 spiro atoms. The van der Waals surface area contributed by atoms with Gasteiger partial charge in [-0.25, -0.2) is 0 Å². The van der Waals surface area contributed by atoms with Crippen molar-refractivity contribution in [2.24, 2.45) is 23.2 Å². The van der Waals surface area contributed by atoms with Gasteiger partial charge in [-0.15, -0.1) is 0 Å². The van der Waals surface area contributed by atoms with Crippen LogP contribution in [0, 0.1) is 23.2 Å². The van der Waals surface area contributed by atoms with E-state index < -0.39 is 45.9 Å². The van der Waals surface area contributed by atoms with Gasteiger partial charge in [0, 0.05) is 28.7 Å². The second-order valence-corrected chi connectivity index (χ2v) is 16.8. The van der Waals surface area contributed by atoms with Gasteiger partial charge in [0.15, 0.2) is 0 Å². The fourth-order valence-corrected chi connectivity index (χ4v) is 10.2. The third-order valence-corrected chi connectivity index (χ3v) is 13.2. The molecule has 7 atom stereocenters. The van der Waals surface area contributed by atoms with Crippen LogP contribution in [0.1, 0.15) is 114 Å². The molecule has 4 rings (SSSR count). The van der Waals surface area contributed by atoms with E-state index in [9.17, 15) is 44.2 Å². The van der Waals surface area contributed by atoms with Crippen LogP contribution in [0.4, 0.5) is 22.0 Å². The van der Waals surface area contributed by atoms with E-state index in [1.54, 1.807) is 6.07 Å². The maximum absolute atomic E-state index is 13.0. The van der Waals surface area contributed by atoms with E-state index in [0.29, 0.717) is 35.8 Å². The van der Waals surface area contributed by atoms with Gasteiger partial charge in [-0.1, -0.05) is 51.5 Å². The largest absolute Gasteiger partial charge is 0.453 e. The van der Waals surface area contributed by atoms with Crippen molar-refractivity contribution in [3.8, 4) is 0 Å². The van der Waals surface area contributed by atoms with E-state index in [1.807, 2.05) is 6.07 Å². The molecule has 0 aromatic heterocycles. The topological polar surface area (TPSA) is 91.7 Å². The van der Waals surface area contributed by atoms with Crippen molar-refractivity contribution >= 4 is 20.9 Å². The fraction of sp³-hybridized carbons (Fsp3) is 0.812. The van der Waals surface area contributed by atoms with Crippen molar-refractivity contribution in [1.82, 2.24) is 0 Å². The molecular weight excluding hydrogens is 623 g/mol. The molecule has 1 aromatic carbocycles. The van der Waals surface area contributed by atoms with Gasteiger partial charge >= 0.3 is 12.1 Å². The minimum atomic E-state index is -5.56. The molecule has 2 fully saturated rings. The summed E-state index contributed by atoms with van der Waals surface area (Å²) in [6, 6.07) is 5.05. The van der Waals surface area contributed by atoms with E-state index in [1.165, 1.54) is 11.6 Å². The summed E-state index contributed by atoms with van der Waals surface area (Å²) >= 11 is 0. The van der Waals surface area contributed by atoms with Crippen LogP contribution in [-0.4, -0.2) is 52.0 Å². The number of aliphatic hydroxyl groups excluding tert-OH is 1. The van der Waals surface area contributed by atoms with Crippen molar-refractivity contribution in [1.29, 1.82) is 0 Å². The number of halogens is 5. The first-order valence-electron chi connectivity index (χ1n) is 16.1. The number of aliphatic hydroxyl groups is 1. The second kappa shape index (κ2) is 14.3. The fourth-order valence-electron chi connectivity index (χ4n) is 8.43. The average molecular weight is 671 g/mol. The molecule has 0 aliphatic heterocycles. The molecule has 1 aromatic rings. The van der Waals surface area contributed by atoms with Crippen molar-refractivity contribution in [3.63, 3.8) is 0 Å². The summed E-state index contributed by atoms with van der Waals surface area (Å²) in [6.45, 7) is 2.24. The molecule has 1 unspecified atom stereocenters. The Morgan fingerprint density at radius 3 is 2.23 bits per heavy atom. The van der Waals surface area contributed by atoms with Crippen LogP contribution in [-0.2, 0) is 27.3 Å². The maximum Gasteiger partial charge on any atom is 0.453 e. The minimum absolute atomic E-state index is 0.0581. The molecule has 0 radical (unpaired) electrons. The van der Waals surface area contributed by atoms with Gasteiger partial charge in [0.25, 0.3) is 10.1 Å². The third-order valence-electron chi connectivity index (χ3n) is 10.8. The number of hydrogen-bond donors (Lipinski definition) is 2. The van der Waals surface area contributed by atoms with Crippen molar-refractivity contribution in [3.05, 3.63) is 29.3 Å². The van der Waals surface area contributed by atoms with Crippen LogP contribution in [0.15, 0.2) is 23.1 Å². The van der Waals surface area contributed by atoms with Crippen molar-refractivity contribution in [2.45, 2.75) is 132 Å². The maximum atomic E-state index is 13.0. The smallest absolute Gasteiger partial charge is 0.393 e. The lowest BCUT2D eigenvalue weighted by molar-refractivity contribution is -0.284. The first-order chi connectivity index (χ1) is 20.5. The van der Waals surface area contributed by atoms with Gasteiger partial charge in [-0.05, 0) is 104 Å². The zero-order valence-electron chi connectivity index (χ0n) is 25.5. The third kappa shape index (κ3) is 8.23. The van der Waals surface area contributed by atoms with Crippen LogP contribution in [0.3, 0.4) is 0 Å². The van der Waals surface area contributed by atoms with E-state index in [2.05, 4.69) is 6.92 Å². The molecule has 3 aliphatic rings. The van der Waals surface area contributed by atoms with Crippen LogP contribution in [0.2, 0.25) is 0 Å². The van der Waals surface area contributed by atoms with Gasteiger partial charge in [0.2, 0.25) is 0 Å². The summed E-state index contributed by atoms with van der Waals surface area (Å²) < 4.78 is 108. The van der Waals surface area contributed by atoms with E-state index >= 15 is 0 Å². The Labute approximate surface area is 261 Å². The molecule has 5 nitrogen and oxygen atoms in total. The Balaban J connectivity index is 1.21. The first-order valence-corrected chi connectivity index (χ1v) is 19.1. The van der Waals surface area contributed by atoms with Crippen LogP contribution in [0.25, 0.3) is 0 Å². The molecule has 12 heteroatoms. The number of alkyl halides is 5. The summed E-state index contributed by atoms with van der Waals surface area (Å²) in [5, 5.41) is 10.9. The van der Waals surface area contributed by atoms with Crippen LogP contribution in [0.5, 0.6) is 0 Å². The Morgan fingerprint density at radius 1 is 0.932 bits per heavy atom. The summed E-state index contributed by atoms with van der Waals surface area (Å²) in [7, 11) is -5.67.